The van der Waals surface area contributed by atoms with Crippen LogP contribution in [0, 0.1) is 19.9 Å². The summed E-state index contributed by atoms with van der Waals surface area (Å²) in [7, 11) is 0. The van der Waals surface area contributed by atoms with Crippen LogP contribution in [0.3, 0.4) is 0 Å². The van der Waals surface area contributed by atoms with Crippen LogP contribution in [0.25, 0.3) is 22.2 Å². The maximum atomic E-state index is 10.0. The second-order valence-electron chi connectivity index (χ2n) is 8.60. The van der Waals surface area contributed by atoms with Crippen molar-refractivity contribution in [3.05, 3.63) is 77.1 Å². The van der Waals surface area contributed by atoms with E-state index in [1.54, 1.807) is 0 Å². The molecule has 1 N–H and O–H groups in total. The third-order valence-corrected chi connectivity index (χ3v) is 5.65. The molecule has 1 saturated carbocycles. The average Bonchev–Trinajstić information content (AvgIpc) is 2.72. The van der Waals surface area contributed by atoms with Gasteiger partial charge in [0.2, 0.25) is 0 Å². The number of aryl methyl sites for hydroxylation is 2. The number of ketones is 1. The predicted molar refractivity (Wildman–Crippen MR) is 128 cm³/mol. The fourth-order valence-corrected chi connectivity index (χ4v) is 4.43. The molecular formula is C28H32IrNO2-. The first-order valence-corrected chi connectivity index (χ1v) is 11.1. The zero-order valence-electron chi connectivity index (χ0n) is 19.4. The number of aliphatic hydroxyl groups excluding tert-OH is 1. The Balaban J connectivity index is 0.000000398. The van der Waals surface area contributed by atoms with Gasteiger partial charge in [-0.15, -0.1) is 34.9 Å². The normalized spacial score (nSPS) is 14.3. The number of pyridine rings is 1. The maximum Gasteiger partial charge on any atom is 0.155 e. The van der Waals surface area contributed by atoms with Gasteiger partial charge in [-0.25, -0.2) is 0 Å². The van der Waals surface area contributed by atoms with Gasteiger partial charge in [-0.1, -0.05) is 57.4 Å². The van der Waals surface area contributed by atoms with E-state index in [2.05, 4.69) is 62.4 Å². The Labute approximate surface area is 205 Å². The molecule has 1 aliphatic carbocycles. The van der Waals surface area contributed by atoms with Crippen LogP contribution in [-0.2, 0) is 24.9 Å². The van der Waals surface area contributed by atoms with E-state index < -0.39 is 0 Å². The summed E-state index contributed by atoms with van der Waals surface area (Å²) in [6.45, 7) is 7.08. The summed E-state index contributed by atoms with van der Waals surface area (Å²) in [6.07, 6.45) is 7.94. The number of fused-ring (bicyclic) bond motifs is 1. The first kappa shape index (κ1) is 26.0. The van der Waals surface area contributed by atoms with E-state index in [-0.39, 0.29) is 31.6 Å². The van der Waals surface area contributed by atoms with Crippen molar-refractivity contribution in [1.29, 1.82) is 0 Å². The van der Waals surface area contributed by atoms with Gasteiger partial charge in [0, 0.05) is 31.6 Å². The van der Waals surface area contributed by atoms with Crippen molar-refractivity contribution in [3.63, 3.8) is 0 Å². The van der Waals surface area contributed by atoms with Crippen LogP contribution in [0.1, 0.15) is 68.6 Å². The molecule has 4 rings (SSSR count). The Bertz CT molecular complexity index is 1070. The molecule has 0 amide bonds. The fraction of sp³-hybridized carbons (Fsp3) is 0.357. The number of benzene rings is 2. The van der Waals surface area contributed by atoms with E-state index in [1.807, 2.05) is 0 Å². The molecule has 3 nitrogen and oxygen atoms in total. The van der Waals surface area contributed by atoms with Crippen molar-refractivity contribution in [2.24, 2.45) is 0 Å². The number of carbonyl (C=O) groups is 1. The minimum atomic E-state index is -0.125. The van der Waals surface area contributed by atoms with Gasteiger partial charge in [0.25, 0.3) is 0 Å². The number of hydrogen-bond donors (Lipinski definition) is 1. The molecule has 1 aromatic heterocycles. The van der Waals surface area contributed by atoms with Crippen LogP contribution in [0.4, 0.5) is 0 Å². The minimum absolute atomic E-state index is 0. The fourth-order valence-electron chi connectivity index (χ4n) is 4.43. The Morgan fingerprint density at radius 3 is 2.38 bits per heavy atom. The quantitative estimate of drug-likeness (QED) is 0.192. The van der Waals surface area contributed by atoms with Gasteiger partial charge in [-0.3, -0.25) is 9.78 Å². The molecule has 0 spiro atoms. The van der Waals surface area contributed by atoms with Crippen molar-refractivity contribution < 1.29 is 30.0 Å². The van der Waals surface area contributed by atoms with Crippen LogP contribution < -0.4 is 0 Å². The van der Waals surface area contributed by atoms with Crippen LogP contribution in [0.15, 0.2) is 54.3 Å². The second-order valence-corrected chi connectivity index (χ2v) is 8.60. The molecule has 0 aliphatic heterocycles. The molecule has 2 aromatic carbocycles. The van der Waals surface area contributed by atoms with Gasteiger partial charge in [-0.2, -0.15) is 0 Å². The summed E-state index contributed by atoms with van der Waals surface area (Å²) in [4.78, 5) is 15.0. The first-order valence-electron chi connectivity index (χ1n) is 11.1. The zero-order chi connectivity index (χ0) is 22.4. The maximum absolute atomic E-state index is 10.0. The van der Waals surface area contributed by atoms with Crippen molar-refractivity contribution >= 4 is 16.7 Å². The zero-order valence-corrected chi connectivity index (χ0v) is 21.8. The summed E-state index contributed by atoms with van der Waals surface area (Å²) >= 11 is 0. The number of allylic oxidation sites excluding steroid dienone is 2. The molecule has 4 heteroatoms. The summed E-state index contributed by atoms with van der Waals surface area (Å²) in [5, 5.41) is 9.69. The van der Waals surface area contributed by atoms with E-state index in [1.165, 1.54) is 74.1 Å². The van der Waals surface area contributed by atoms with Crippen molar-refractivity contribution in [1.82, 2.24) is 4.98 Å². The van der Waals surface area contributed by atoms with Gasteiger partial charge in [0.15, 0.2) is 5.78 Å². The van der Waals surface area contributed by atoms with Crippen LogP contribution in [0.5, 0.6) is 0 Å². The van der Waals surface area contributed by atoms with Gasteiger partial charge >= 0.3 is 0 Å². The molecule has 32 heavy (non-hydrogen) atoms. The number of rotatable bonds is 3. The molecule has 1 radical (unpaired) electrons. The number of carbonyl (C=O) groups excluding carboxylic acids is 1. The Morgan fingerprint density at radius 1 is 1.06 bits per heavy atom. The first-order chi connectivity index (χ1) is 14.8. The van der Waals surface area contributed by atoms with Gasteiger partial charge < -0.3 is 5.11 Å². The van der Waals surface area contributed by atoms with Gasteiger partial charge in [-0.05, 0) is 49.9 Å². The Kier molecular flexibility index (Phi) is 9.81. The van der Waals surface area contributed by atoms with Crippen LogP contribution in [0.2, 0.25) is 0 Å². The SMILES string of the molecule is CC(=O)C=C(C)O.Cc1[c-]c(-c2ccc3c(C4CCCCC4)cccc3n2)cc(C)c1.[Ir]. The number of aliphatic hydroxyl groups is 1. The molecular weight excluding hydrogens is 575 g/mol. The standard InChI is InChI=1S/C23H24N.C5H8O2.Ir/c1-16-13-17(2)15-19(14-16)22-12-11-21-20(9-6-10-23(21)24-22)18-7-4-3-5-8-18;1-4(6)3-5(2)7;/h6,9-14,18H,3-5,7-8H2,1-2H3;3,6H,1-2H3;/q-1;;. The molecule has 171 valence electrons. The smallest absolute Gasteiger partial charge is 0.155 e. The molecule has 0 unspecified atom stereocenters. The average molecular weight is 607 g/mol. The van der Waals surface area contributed by atoms with E-state index in [0.717, 1.165) is 16.8 Å². The summed E-state index contributed by atoms with van der Waals surface area (Å²) in [5.41, 5.74) is 7.16. The topological polar surface area (TPSA) is 50.2 Å². The predicted octanol–water partition coefficient (Wildman–Crippen LogP) is 7.40. The van der Waals surface area contributed by atoms with E-state index in [0.29, 0.717) is 5.92 Å². The van der Waals surface area contributed by atoms with Crippen LogP contribution in [-0.4, -0.2) is 15.9 Å². The molecule has 0 atom stereocenters. The number of hydrogen-bond acceptors (Lipinski definition) is 3. The minimum Gasteiger partial charge on any atom is -0.512 e. The van der Waals surface area contributed by atoms with Crippen molar-refractivity contribution in [2.75, 3.05) is 0 Å². The van der Waals surface area contributed by atoms with Crippen LogP contribution >= 0.6 is 0 Å². The van der Waals surface area contributed by atoms with Crippen molar-refractivity contribution in [3.8, 4) is 11.3 Å². The summed E-state index contributed by atoms with van der Waals surface area (Å²) < 4.78 is 0. The van der Waals surface area contributed by atoms with E-state index in [9.17, 15) is 4.79 Å². The Morgan fingerprint density at radius 2 is 1.78 bits per heavy atom. The monoisotopic (exact) mass is 607 g/mol. The summed E-state index contributed by atoms with van der Waals surface area (Å²) in [6, 6.07) is 18.8. The van der Waals surface area contributed by atoms with Crippen molar-refractivity contribution in [2.45, 2.75) is 65.7 Å². The Hall–Kier alpha value is -2.29. The molecule has 1 fully saturated rings. The van der Waals surface area contributed by atoms with E-state index >= 15 is 0 Å². The van der Waals surface area contributed by atoms with E-state index in [4.69, 9.17) is 10.1 Å². The molecule has 3 aromatic rings. The number of nitrogens with zero attached hydrogens (tertiary/aromatic N) is 1. The number of aromatic nitrogens is 1. The third kappa shape index (κ3) is 7.12. The molecule has 1 aliphatic rings. The van der Waals surface area contributed by atoms with Gasteiger partial charge in [0.1, 0.15) is 0 Å². The molecule has 0 saturated heterocycles. The second kappa shape index (κ2) is 12.1. The molecule has 1 heterocycles. The molecule has 0 bridgehead atoms. The van der Waals surface area contributed by atoms with Gasteiger partial charge in [0.05, 0.1) is 11.3 Å². The third-order valence-electron chi connectivity index (χ3n) is 5.65. The largest absolute Gasteiger partial charge is 0.512 e. The summed E-state index contributed by atoms with van der Waals surface area (Å²) in [5.74, 6) is 0.648.